The van der Waals surface area contributed by atoms with Crippen LogP contribution in [0.15, 0.2) is 24.3 Å². The molecule has 110 valence electrons. The van der Waals surface area contributed by atoms with Gasteiger partial charge in [0.05, 0.1) is 19.8 Å². The Morgan fingerprint density at radius 3 is 2.45 bits per heavy atom. The van der Waals surface area contributed by atoms with E-state index in [4.69, 9.17) is 9.47 Å². The van der Waals surface area contributed by atoms with Crippen molar-refractivity contribution in [3.63, 3.8) is 0 Å². The molecule has 1 unspecified atom stereocenters. The number of ketones is 1. The molecule has 0 aromatic heterocycles. The lowest BCUT2D eigenvalue weighted by Crippen LogP contribution is -2.42. The highest BCUT2D eigenvalue weighted by Crippen LogP contribution is 2.29. The Morgan fingerprint density at radius 1 is 1.30 bits per heavy atom. The predicted molar refractivity (Wildman–Crippen MR) is 78.4 cm³/mol. The zero-order chi connectivity index (χ0) is 14.5. The Kier molecular flexibility index (Phi) is 5.15. The van der Waals surface area contributed by atoms with Gasteiger partial charge in [0.15, 0.2) is 5.78 Å². The van der Waals surface area contributed by atoms with Crippen LogP contribution in [0.25, 0.3) is 0 Å². The number of carbonyl (C=O) groups is 1. The summed E-state index contributed by atoms with van der Waals surface area (Å²) in [5.41, 5.74) is 0.737. The summed E-state index contributed by atoms with van der Waals surface area (Å²) in [6.07, 6.45) is 2.37. The molecule has 20 heavy (non-hydrogen) atoms. The molecule has 1 aromatic carbocycles. The standard InChI is InChI=1S/C16H23NO3/c1-12(17(10-11-19-2)14-6-7-14)16(18)13-4-8-15(20-3)9-5-13/h4-5,8-9,12,14H,6-7,10-11H2,1-3H3. The second kappa shape index (κ2) is 6.86. The van der Waals surface area contributed by atoms with Gasteiger partial charge in [0.25, 0.3) is 0 Å². The molecular weight excluding hydrogens is 254 g/mol. The largest absolute Gasteiger partial charge is 0.497 e. The first-order chi connectivity index (χ1) is 9.67. The number of carbonyl (C=O) groups excluding carboxylic acids is 1. The maximum Gasteiger partial charge on any atom is 0.179 e. The van der Waals surface area contributed by atoms with Crippen molar-refractivity contribution >= 4 is 5.78 Å². The average molecular weight is 277 g/mol. The van der Waals surface area contributed by atoms with Crippen molar-refractivity contribution in [2.45, 2.75) is 31.8 Å². The van der Waals surface area contributed by atoms with Gasteiger partial charge in [-0.05, 0) is 44.0 Å². The van der Waals surface area contributed by atoms with Gasteiger partial charge in [-0.15, -0.1) is 0 Å². The van der Waals surface area contributed by atoms with Crippen LogP contribution in [-0.2, 0) is 4.74 Å². The lowest BCUT2D eigenvalue weighted by Gasteiger charge is -2.27. The van der Waals surface area contributed by atoms with Gasteiger partial charge in [0.1, 0.15) is 5.75 Å². The van der Waals surface area contributed by atoms with Crippen LogP contribution >= 0.6 is 0 Å². The molecule has 0 saturated heterocycles. The zero-order valence-electron chi connectivity index (χ0n) is 12.5. The van der Waals surface area contributed by atoms with E-state index in [1.165, 1.54) is 12.8 Å². The maximum absolute atomic E-state index is 12.6. The van der Waals surface area contributed by atoms with E-state index in [9.17, 15) is 4.79 Å². The second-order valence-corrected chi connectivity index (χ2v) is 5.23. The normalized spacial score (nSPS) is 16.2. The fourth-order valence-corrected chi connectivity index (χ4v) is 2.44. The summed E-state index contributed by atoms with van der Waals surface area (Å²) in [7, 11) is 3.32. The molecule has 1 aliphatic rings. The number of Topliss-reactive ketones (excluding diaryl/α,β-unsaturated/α-hetero) is 1. The first-order valence-electron chi connectivity index (χ1n) is 7.10. The van der Waals surface area contributed by atoms with Crippen LogP contribution in [0.2, 0.25) is 0 Å². The smallest absolute Gasteiger partial charge is 0.179 e. The van der Waals surface area contributed by atoms with Gasteiger partial charge in [-0.3, -0.25) is 9.69 Å². The van der Waals surface area contributed by atoms with E-state index in [1.807, 2.05) is 31.2 Å². The summed E-state index contributed by atoms with van der Waals surface area (Å²) < 4.78 is 10.3. The molecule has 2 rings (SSSR count). The fourth-order valence-electron chi connectivity index (χ4n) is 2.44. The van der Waals surface area contributed by atoms with Crippen LogP contribution in [0.5, 0.6) is 5.75 Å². The molecule has 0 heterocycles. The maximum atomic E-state index is 12.6. The van der Waals surface area contributed by atoms with Gasteiger partial charge >= 0.3 is 0 Å². The van der Waals surface area contributed by atoms with Crippen LogP contribution in [0.4, 0.5) is 0 Å². The summed E-state index contributed by atoms with van der Waals surface area (Å²) in [5.74, 6) is 0.934. The van der Waals surface area contributed by atoms with E-state index >= 15 is 0 Å². The van der Waals surface area contributed by atoms with E-state index in [1.54, 1.807) is 14.2 Å². The average Bonchev–Trinajstić information content (AvgIpc) is 3.31. The van der Waals surface area contributed by atoms with Crippen molar-refractivity contribution in [2.24, 2.45) is 0 Å². The number of nitrogens with zero attached hydrogens (tertiary/aromatic N) is 1. The van der Waals surface area contributed by atoms with Crippen LogP contribution in [0, 0.1) is 0 Å². The van der Waals surface area contributed by atoms with E-state index in [0.717, 1.165) is 17.9 Å². The molecule has 1 aliphatic carbocycles. The fraction of sp³-hybridized carbons (Fsp3) is 0.562. The molecule has 1 atom stereocenters. The minimum absolute atomic E-state index is 0.106. The molecule has 0 radical (unpaired) electrons. The number of rotatable bonds is 8. The molecule has 0 aliphatic heterocycles. The molecular formula is C16H23NO3. The molecule has 4 heteroatoms. The van der Waals surface area contributed by atoms with Crippen LogP contribution in [0.1, 0.15) is 30.1 Å². The summed E-state index contributed by atoms with van der Waals surface area (Å²) in [5, 5.41) is 0. The summed E-state index contributed by atoms with van der Waals surface area (Å²) in [6.45, 7) is 3.46. The molecule has 0 amide bonds. The first kappa shape index (κ1) is 15.0. The topological polar surface area (TPSA) is 38.8 Å². The monoisotopic (exact) mass is 277 g/mol. The lowest BCUT2D eigenvalue weighted by molar-refractivity contribution is 0.0758. The lowest BCUT2D eigenvalue weighted by atomic mass is 10.0. The number of methoxy groups -OCH3 is 2. The van der Waals surface area contributed by atoms with Crippen molar-refractivity contribution in [2.75, 3.05) is 27.4 Å². The van der Waals surface area contributed by atoms with Gasteiger partial charge in [-0.2, -0.15) is 0 Å². The van der Waals surface area contributed by atoms with Crippen LogP contribution < -0.4 is 4.74 Å². The predicted octanol–water partition coefficient (Wildman–Crippen LogP) is 2.38. The van der Waals surface area contributed by atoms with E-state index < -0.39 is 0 Å². The Labute approximate surface area is 120 Å². The molecule has 1 aromatic rings. The van der Waals surface area contributed by atoms with Gasteiger partial charge in [0.2, 0.25) is 0 Å². The second-order valence-electron chi connectivity index (χ2n) is 5.23. The highest BCUT2D eigenvalue weighted by atomic mass is 16.5. The van der Waals surface area contributed by atoms with Gasteiger partial charge in [0, 0.05) is 25.3 Å². The molecule has 0 N–H and O–H groups in total. The van der Waals surface area contributed by atoms with E-state index in [0.29, 0.717) is 12.6 Å². The number of hydrogen-bond donors (Lipinski definition) is 0. The van der Waals surface area contributed by atoms with Crippen LogP contribution in [-0.4, -0.2) is 50.1 Å². The highest BCUT2D eigenvalue weighted by Gasteiger charge is 2.34. The van der Waals surface area contributed by atoms with Crippen molar-refractivity contribution < 1.29 is 14.3 Å². The molecule has 1 fully saturated rings. The first-order valence-corrected chi connectivity index (χ1v) is 7.10. The summed E-state index contributed by atoms with van der Waals surface area (Å²) >= 11 is 0. The van der Waals surface area contributed by atoms with Crippen molar-refractivity contribution in [1.29, 1.82) is 0 Å². The summed E-state index contributed by atoms with van der Waals surface area (Å²) in [6, 6.07) is 7.76. The minimum atomic E-state index is -0.106. The molecule has 1 saturated carbocycles. The Morgan fingerprint density at radius 2 is 1.95 bits per heavy atom. The van der Waals surface area contributed by atoms with Gasteiger partial charge in [-0.1, -0.05) is 0 Å². The van der Waals surface area contributed by atoms with Crippen molar-refractivity contribution in [1.82, 2.24) is 4.90 Å². The van der Waals surface area contributed by atoms with Crippen LogP contribution in [0.3, 0.4) is 0 Å². The van der Waals surface area contributed by atoms with Crippen molar-refractivity contribution in [3.05, 3.63) is 29.8 Å². The Hall–Kier alpha value is -1.39. The summed E-state index contributed by atoms with van der Waals surface area (Å²) in [4.78, 5) is 14.8. The molecule has 0 spiro atoms. The third-order valence-electron chi connectivity index (χ3n) is 3.82. The van der Waals surface area contributed by atoms with Gasteiger partial charge < -0.3 is 9.47 Å². The number of hydrogen-bond acceptors (Lipinski definition) is 4. The Balaban J connectivity index is 2.04. The molecule has 0 bridgehead atoms. The van der Waals surface area contributed by atoms with E-state index in [2.05, 4.69) is 4.90 Å². The number of ether oxygens (including phenoxy) is 2. The third kappa shape index (κ3) is 3.58. The zero-order valence-corrected chi connectivity index (χ0v) is 12.5. The van der Waals surface area contributed by atoms with Gasteiger partial charge in [-0.25, -0.2) is 0 Å². The SMILES string of the molecule is COCCN(C1CC1)C(C)C(=O)c1ccc(OC)cc1. The Bertz CT molecular complexity index is 440. The van der Waals surface area contributed by atoms with E-state index in [-0.39, 0.29) is 11.8 Å². The third-order valence-corrected chi connectivity index (χ3v) is 3.82. The quantitative estimate of drug-likeness (QED) is 0.684. The van der Waals surface area contributed by atoms with Crippen molar-refractivity contribution in [3.8, 4) is 5.75 Å². The molecule has 4 nitrogen and oxygen atoms in total. The number of benzene rings is 1. The minimum Gasteiger partial charge on any atom is -0.497 e. The highest BCUT2D eigenvalue weighted by molar-refractivity contribution is 6.00.